The standard InChI is InChI=1S/C13H25N3O4/c1-8(2)5-10(12(18)19)16-13(20)15-7-11(17)14-6-9(3)4/h8-10H,5-7H2,1-4H3,(H,14,17)(H,18,19)(H2,15,16,20). The van der Waals surface area contributed by atoms with Crippen molar-refractivity contribution in [3.63, 3.8) is 0 Å². The molecule has 1 atom stereocenters. The highest BCUT2D eigenvalue weighted by Gasteiger charge is 2.21. The lowest BCUT2D eigenvalue weighted by atomic mass is 10.0. The monoisotopic (exact) mass is 287 g/mol. The molecule has 0 heterocycles. The van der Waals surface area contributed by atoms with E-state index in [1.165, 1.54) is 0 Å². The summed E-state index contributed by atoms with van der Waals surface area (Å²) in [4.78, 5) is 33.9. The third-order valence-corrected chi connectivity index (χ3v) is 2.43. The van der Waals surface area contributed by atoms with E-state index in [1.807, 2.05) is 27.7 Å². The second-order valence-corrected chi connectivity index (χ2v) is 5.55. The van der Waals surface area contributed by atoms with Crippen LogP contribution in [0.2, 0.25) is 0 Å². The van der Waals surface area contributed by atoms with Crippen LogP contribution in [0, 0.1) is 11.8 Å². The summed E-state index contributed by atoms with van der Waals surface area (Å²) in [7, 11) is 0. The maximum Gasteiger partial charge on any atom is 0.326 e. The lowest BCUT2D eigenvalue weighted by molar-refractivity contribution is -0.139. The molecule has 3 amide bonds. The van der Waals surface area contributed by atoms with Crippen LogP contribution in [0.1, 0.15) is 34.1 Å². The van der Waals surface area contributed by atoms with Gasteiger partial charge in [0.2, 0.25) is 5.91 Å². The van der Waals surface area contributed by atoms with Crippen LogP contribution in [0.5, 0.6) is 0 Å². The van der Waals surface area contributed by atoms with Gasteiger partial charge in [0, 0.05) is 6.54 Å². The first-order chi connectivity index (χ1) is 9.22. The highest BCUT2D eigenvalue weighted by Crippen LogP contribution is 2.04. The first kappa shape index (κ1) is 18.2. The smallest absolute Gasteiger partial charge is 0.326 e. The minimum atomic E-state index is -1.09. The number of aliphatic carboxylic acids is 1. The number of carboxylic acid groups (broad SMARTS) is 1. The third kappa shape index (κ3) is 9.18. The predicted molar refractivity (Wildman–Crippen MR) is 75.3 cm³/mol. The molecule has 20 heavy (non-hydrogen) atoms. The van der Waals surface area contributed by atoms with Crippen molar-refractivity contribution < 1.29 is 19.5 Å². The molecule has 0 fully saturated rings. The van der Waals surface area contributed by atoms with Crippen LogP contribution < -0.4 is 16.0 Å². The lowest BCUT2D eigenvalue weighted by Crippen LogP contribution is -2.49. The van der Waals surface area contributed by atoms with Gasteiger partial charge in [-0.1, -0.05) is 27.7 Å². The largest absolute Gasteiger partial charge is 0.480 e. The zero-order valence-corrected chi connectivity index (χ0v) is 12.5. The summed E-state index contributed by atoms with van der Waals surface area (Å²) >= 11 is 0. The van der Waals surface area contributed by atoms with Gasteiger partial charge in [0.25, 0.3) is 0 Å². The zero-order valence-electron chi connectivity index (χ0n) is 12.5. The van der Waals surface area contributed by atoms with Crippen molar-refractivity contribution in [1.29, 1.82) is 0 Å². The Morgan fingerprint density at radius 1 is 1.00 bits per heavy atom. The summed E-state index contributed by atoms with van der Waals surface area (Å²) in [6.45, 7) is 8.02. The molecule has 0 saturated carbocycles. The van der Waals surface area contributed by atoms with Crippen molar-refractivity contribution in [2.24, 2.45) is 11.8 Å². The van der Waals surface area contributed by atoms with Gasteiger partial charge in [-0.25, -0.2) is 9.59 Å². The molecule has 0 aromatic heterocycles. The number of hydrogen-bond acceptors (Lipinski definition) is 3. The van der Waals surface area contributed by atoms with E-state index in [2.05, 4.69) is 16.0 Å². The van der Waals surface area contributed by atoms with Crippen LogP contribution in [0.15, 0.2) is 0 Å². The molecule has 116 valence electrons. The second kappa shape index (κ2) is 9.17. The van der Waals surface area contributed by atoms with Crippen LogP contribution in [-0.4, -0.2) is 42.1 Å². The second-order valence-electron chi connectivity index (χ2n) is 5.55. The fourth-order valence-electron chi connectivity index (χ4n) is 1.44. The molecule has 0 saturated heterocycles. The van der Waals surface area contributed by atoms with Gasteiger partial charge in [0.15, 0.2) is 0 Å². The number of amides is 3. The fourth-order valence-corrected chi connectivity index (χ4v) is 1.44. The summed E-state index contributed by atoms with van der Waals surface area (Å²) in [5, 5.41) is 16.3. The molecule has 0 aliphatic rings. The Morgan fingerprint density at radius 2 is 1.60 bits per heavy atom. The van der Waals surface area contributed by atoms with Crippen molar-refractivity contribution in [2.75, 3.05) is 13.1 Å². The molecule has 0 aliphatic carbocycles. The molecule has 4 N–H and O–H groups in total. The fraction of sp³-hybridized carbons (Fsp3) is 0.769. The Kier molecular flexibility index (Phi) is 8.35. The quantitative estimate of drug-likeness (QED) is 0.523. The van der Waals surface area contributed by atoms with Crippen LogP contribution >= 0.6 is 0 Å². The maximum atomic E-state index is 11.5. The minimum absolute atomic E-state index is 0.144. The molecule has 7 nitrogen and oxygen atoms in total. The van der Waals surface area contributed by atoms with E-state index < -0.39 is 18.0 Å². The number of carbonyl (C=O) groups is 3. The van der Waals surface area contributed by atoms with E-state index in [-0.39, 0.29) is 18.4 Å². The molecular formula is C13H25N3O4. The van der Waals surface area contributed by atoms with Crippen molar-refractivity contribution in [3.8, 4) is 0 Å². The van der Waals surface area contributed by atoms with E-state index >= 15 is 0 Å². The van der Waals surface area contributed by atoms with E-state index in [1.54, 1.807) is 0 Å². The minimum Gasteiger partial charge on any atom is -0.480 e. The van der Waals surface area contributed by atoms with Gasteiger partial charge in [-0.2, -0.15) is 0 Å². The topological polar surface area (TPSA) is 108 Å². The summed E-state index contributed by atoms with van der Waals surface area (Å²) in [5.74, 6) is -0.913. The summed E-state index contributed by atoms with van der Waals surface area (Å²) < 4.78 is 0. The molecule has 0 aromatic rings. The van der Waals surface area contributed by atoms with E-state index in [0.717, 1.165) is 0 Å². The predicted octanol–water partition coefficient (Wildman–Crippen LogP) is 0.557. The summed E-state index contributed by atoms with van der Waals surface area (Å²) in [6.07, 6.45) is 0.336. The first-order valence-electron chi connectivity index (χ1n) is 6.76. The number of rotatable bonds is 8. The van der Waals surface area contributed by atoms with Gasteiger partial charge in [0.05, 0.1) is 6.54 Å². The molecule has 0 bridgehead atoms. The Bertz CT molecular complexity index is 343. The maximum absolute atomic E-state index is 11.5. The van der Waals surface area contributed by atoms with Crippen molar-refractivity contribution in [2.45, 2.75) is 40.2 Å². The van der Waals surface area contributed by atoms with Gasteiger partial charge in [0.1, 0.15) is 6.04 Å². The SMILES string of the molecule is CC(C)CNC(=O)CNC(=O)NC(CC(C)C)C(=O)O. The summed E-state index contributed by atoms with van der Waals surface area (Å²) in [5.41, 5.74) is 0. The highest BCUT2D eigenvalue weighted by atomic mass is 16.4. The van der Waals surface area contributed by atoms with Gasteiger partial charge in [-0.3, -0.25) is 4.79 Å². The van der Waals surface area contributed by atoms with Crippen LogP contribution in [0.4, 0.5) is 4.79 Å². The van der Waals surface area contributed by atoms with E-state index in [4.69, 9.17) is 5.11 Å². The Labute approximate surface area is 119 Å². The molecule has 0 radical (unpaired) electrons. The Hall–Kier alpha value is -1.79. The van der Waals surface area contributed by atoms with Crippen LogP contribution in [-0.2, 0) is 9.59 Å². The van der Waals surface area contributed by atoms with Gasteiger partial charge in [-0.05, 0) is 18.3 Å². The molecule has 0 aromatic carbocycles. The van der Waals surface area contributed by atoms with Gasteiger partial charge < -0.3 is 21.1 Å². The van der Waals surface area contributed by atoms with Crippen molar-refractivity contribution in [1.82, 2.24) is 16.0 Å². The lowest BCUT2D eigenvalue weighted by Gasteiger charge is -2.17. The number of nitrogens with one attached hydrogen (secondary N) is 3. The zero-order chi connectivity index (χ0) is 15.7. The molecule has 7 heteroatoms. The number of hydrogen-bond donors (Lipinski definition) is 4. The van der Waals surface area contributed by atoms with E-state index in [9.17, 15) is 14.4 Å². The average molecular weight is 287 g/mol. The molecular weight excluding hydrogens is 262 g/mol. The van der Waals surface area contributed by atoms with Crippen molar-refractivity contribution >= 4 is 17.9 Å². The highest BCUT2D eigenvalue weighted by molar-refractivity contribution is 5.86. The number of carbonyl (C=O) groups excluding carboxylic acids is 2. The van der Waals surface area contributed by atoms with Crippen LogP contribution in [0.25, 0.3) is 0 Å². The Morgan fingerprint density at radius 3 is 2.05 bits per heavy atom. The Balaban J connectivity index is 4.07. The number of carboxylic acids is 1. The molecule has 0 rings (SSSR count). The molecule has 1 unspecified atom stereocenters. The third-order valence-electron chi connectivity index (χ3n) is 2.43. The van der Waals surface area contributed by atoms with Crippen LogP contribution in [0.3, 0.4) is 0 Å². The molecule has 0 spiro atoms. The van der Waals surface area contributed by atoms with Gasteiger partial charge >= 0.3 is 12.0 Å². The normalized spacial score (nSPS) is 12.1. The van der Waals surface area contributed by atoms with Crippen molar-refractivity contribution in [3.05, 3.63) is 0 Å². The molecule has 0 aliphatic heterocycles. The average Bonchev–Trinajstić information content (AvgIpc) is 2.32. The van der Waals surface area contributed by atoms with Gasteiger partial charge in [-0.15, -0.1) is 0 Å². The number of urea groups is 1. The van der Waals surface area contributed by atoms with E-state index in [0.29, 0.717) is 18.9 Å². The first-order valence-corrected chi connectivity index (χ1v) is 6.76. The summed E-state index contributed by atoms with van der Waals surface area (Å²) in [6, 6.07) is -1.61.